The van der Waals surface area contributed by atoms with Crippen molar-refractivity contribution in [1.29, 1.82) is 5.26 Å². The van der Waals surface area contributed by atoms with Gasteiger partial charge in [0.1, 0.15) is 0 Å². The van der Waals surface area contributed by atoms with E-state index in [-0.39, 0.29) is 13.2 Å². The van der Waals surface area contributed by atoms with Crippen molar-refractivity contribution in [1.82, 2.24) is 0 Å². The van der Waals surface area contributed by atoms with Crippen molar-refractivity contribution in [3.05, 3.63) is 23.8 Å². The summed E-state index contributed by atoms with van der Waals surface area (Å²) in [7, 11) is 0. The van der Waals surface area contributed by atoms with E-state index in [1.54, 1.807) is 25.1 Å². The summed E-state index contributed by atoms with van der Waals surface area (Å²) in [5, 5.41) is 18.4. The third-order valence-electron chi connectivity index (χ3n) is 2.95. The molecule has 88 valence electrons. The van der Waals surface area contributed by atoms with Gasteiger partial charge in [0.2, 0.25) is 6.79 Å². The molecule has 1 aromatic carbocycles. The summed E-state index contributed by atoms with van der Waals surface area (Å²) in [6.07, 6.45) is 0.193. The lowest BCUT2D eigenvalue weighted by Gasteiger charge is -2.20. The Balaban J connectivity index is 2.52. The van der Waals surface area contributed by atoms with E-state index >= 15 is 0 Å². The van der Waals surface area contributed by atoms with Crippen LogP contribution in [-0.2, 0) is 10.2 Å². The largest absolute Gasteiger partial charge is 0.480 e. The number of carboxylic acid groups (broad SMARTS) is 1. The second-order valence-corrected chi connectivity index (χ2v) is 3.74. The van der Waals surface area contributed by atoms with Crippen LogP contribution in [0.3, 0.4) is 0 Å². The molecule has 2 rings (SSSR count). The van der Waals surface area contributed by atoms with Crippen LogP contribution in [0.15, 0.2) is 18.2 Å². The highest BCUT2D eigenvalue weighted by Gasteiger charge is 2.40. The smallest absolute Gasteiger partial charge is 0.328 e. The zero-order chi connectivity index (χ0) is 12.5. The van der Waals surface area contributed by atoms with Gasteiger partial charge in [-0.25, -0.2) is 0 Å². The number of ether oxygens (including phenoxy) is 2. The summed E-state index contributed by atoms with van der Waals surface area (Å²) >= 11 is 0. The molecule has 1 aliphatic heterocycles. The highest BCUT2D eigenvalue weighted by molar-refractivity contribution is 5.85. The van der Waals surface area contributed by atoms with Crippen LogP contribution in [0.2, 0.25) is 0 Å². The molecule has 5 nitrogen and oxygen atoms in total. The Bertz CT molecular complexity index is 506. The number of carboxylic acids is 1. The lowest BCUT2D eigenvalue weighted by atomic mass is 9.79. The van der Waals surface area contributed by atoms with E-state index in [0.29, 0.717) is 17.1 Å². The molecule has 0 aromatic heterocycles. The fraction of sp³-hybridized carbons (Fsp3) is 0.333. The predicted molar refractivity (Wildman–Crippen MR) is 57.8 cm³/mol. The van der Waals surface area contributed by atoms with Crippen LogP contribution in [0.25, 0.3) is 0 Å². The Hall–Kier alpha value is -2.22. The number of fused-ring (bicyclic) bond motifs is 1. The topological polar surface area (TPSA) is 79.6 Å². The lowest BCUT2D eigenvalue weighted by molar-refractivity contribution is -0.141. The van der Waals surface area contributed by atoms with Gasteiger partial charge in [0.05, 0.1) is 6.07 Å². The molecule has 1 aliphatic rings. The van der Waals surface area contributed by atoms with Gasteiger partial charge in [0.15, 0.2) is 16.9 Å². The molecular formula is C12H11NO4. The van der Waals surface area contributed by atoms with Gasteiger partial charge in [0, 0.05) is 0 Å². The van der Waals surface area contributed by atoms with E-state index in [2.05, 4.69) is 0 Å². The quantitative estimate of drug-likeness (QED) is 0.858. The van der Waals surface area contributed by atoms with E-state index < -0.39 is 11.4 Å². The van der Waals surface area contributed by atoms with E-state index in [9.17, 15) is 9.90 Å². The summed E-state index contributed by atoms with van der Waals surface area (Å²) in [5.74, 6) is -0.0970. The van der Waals surface area contributed by atoms with Crippen molar-refractivity contribution < 1.29 is 19.4 Å². The first kappa shape index (κ1) is 11.3. The number of aliphatic carboxylic acids is 1. The summed E-state index contributed by atoms with van der Waals surface area (Å²) < 4.78 is 10.3. The SMILES string of the molecule is CCC(C#N)(C(=O)O)c1ccc2c(c1)OCO2. The maximum Gasteiger partial charge on any atom is 0.328 e. The van der Waals surface area contributed by atoms with Crippen molar-refractivity contribution in [3.63, 3.8) is 0 Å². The number of hydrogen-bond donors (Lipinski definition) is 1. The van der Waals surface area contributed by atoms with Gasteiger partial charge >= 0.3 is 5.97 Å². The molecule has 0 fully saturated rings. The van der Waals surface area contributed by atoms with Crippen molar-refractivity contribution in [2.45, 2.75) is 18.8 Å². The molecule has 0 bridgehead atoms. The Kier molecular flexibility index (Phi) is 2.64. The van der Waals surface area contributed by atoms with Gasteiger partial charge in [-0.05, 0) is 24.1 Å². The summed E-state index contributed by atoms with van der Waals surface area (Å²) in [5.41, 5.74) is -1.11. The van der Waals surface area contributed by atoms with E-state index in [4.69, 9.17) is 14.7 Å². The monoisotopic (exact) mass is 233 g/mol. The molecule has 0 amide bonds. The van der Waals surface area contributed by atoms with Gasteiger partial charge in [-0.15, -0.1) is 0 Å². The first-order valence-corrected chi connectivity index (χ1v) is 5.19. The zero-order valence-corrected chi connectivity index (χ0v) is 9.27. The van der Waals surface area contributed by atoms with Gasteiger partial charge in [-0.1, -0.05) is 13.0 Å². The molecular weight excluding hydrogens is 222 g/mol. The highest BCUT2D eigenvalue weighted by Crippen LogP contribution is 2.37. The molecule has 1 aromatic rings. The fourth-order valence-corrected chi connectivity index (χ4v) is 1.83. The Labute approximate surface area is 98.2 Å². The second-order valence-electron chi connectivity index (χ2n) is 3.74. The van der Waals surface area contributed by atoms with Crippen LogP contribution >= 0.6 is 0 Å². The second kappa shape index (κ2) is 3.98. The number of benzene rings is 1. The molecule has 0 saturated carbocycles. The van der Waals surface area contributed by atoms with Crippen LogP contribution in [0.4, 0.5) is 0 Å². The molecule has 1 N–H and O–H groups in total. The van der Waals surface area contributed by atoms with Gasteiger partial charge in [-0.2, -0.15) is 5.26 Å². The minimum absolute atomic E-state index is 0.123. The predicted octanol–water partition coefficient (Wildman–Crippen LogP) is 1.67. The molecule has 1 unspecified atom stereocenters. The number of rotatable bonds is 3. The number of carbonyl (C=O) groups is 1. The standard InChI is InChI=1S/C12H11NO4/c1-2-12(6-13,11(14)15)8-3-4-9-10(5-8)17-7-16-9/h3-5H,2,7H2,1H3,(H,14,15). The van der Waals surface area contributed by atoms with Crippen LogP contribution in [0.1, 0.15) is 18.9 Å². The average Bonchev–Trinajstić information content (AvgIpc) is 2.78. The van der Waals surface area contributed by atoms with Crippen LogP contribution < -0.4 is 9.47 Å². The minimum Gasteiger partial charge on any atom is -0.480 e. The summed E-state index contributed by atoms with van der Waals surface area (Å²) in [4.78, 5) is 11.3. The van der Waals surface area contributed by atoms with Crippen LogP contribution in [-0.4, -0.2) is 17.9 Å². The molecule has 1 atom stereocenters. The Morgan fingerprint density at radius 2 is 2.24 bits per heavy atom. The van der Waals surface area contributed by atoms with E-state index in [1.807, 2.05) is 6.07 Å². The number of nitrogens with zero attached hydrogens (tertiary/aromatic N) is 1. The van der Waals surface area contributed by atoms with Crippen molar-refractivity contribution >= 4 is 5.97 Å². The van der Waals surface area contributed by atoms with Gasteiger partial charge in [0.25, 0.3) is 0 Å². The Morgan fingerprint density at radius 3 is 2.82 bits per heavy atom. The fourth-order valence-electron chi connectivity index (χ4n) is 1.83. The molecule has 17 heavy (non-hydrogen) atoms. The summed E-state index contributed by atoms with van der Waals surface area (Å²) in [6.45, 7) is 1.79. The number of nitriles is 1. The highest BCUT2D eigenvalue weighted by atomic mass is 16.7. The first-order chi connectivity index (χ1) is 8.14. The third-order valence-corrected chi connectivity index (χ3v) is 2.95. The van der Waals surface area contributed by atoms with E-state index in [0.717, 1.165) is 0 Å². The normalized spacial score (nSPS) is 16.0. The molecule has 0 spiro atoms. The number of hydrogen-bond acceptors (Lipinski definition) is 4. The van der Waals surface area contributed by atoms with Crippen LogP contribution in [0.5, 0.6) is 11.5 Å². The maximum atomic E-state index is 11.3. The van der Waals surface area contributed by atoms with Crippen LogP contribution in [0, 0.1) is 11.3 Å². The lowest BCUT2D eigenvalue weighted by Crippen LogP contribution is -2.33. The molecule has 5 heteroatoms. The minimum atomic E-state index is -1.53. The third kappa shape index (κ3) is 1.58. The van der Waals surface area contributed by atoms with Crippen molar-refractivity contribution in [3.8, 4) is 17.6 Å². The molecule has 0 aliphatic carbocycles. The molecule has 0 saturated heterocycles. The van der Waals surface area contributed by atoms with Crippen molar-refractivity contribution in [2.75, 3.05) is 6.79 Å². The summed E-state index contributed by atoms with van der Waals surface area (Å²) in [6, 6.07) is 6.65. The van der Waals surface area contributed by atoms with E-state index in [1.165, 1.54) is 0 Å². The first-order valence-electron chi connectivity index (χ1n) is 5.19. The Morgan fingerprint density at radius 1 is 1.53 bits per heavy atom. The zero-order valence-electron chi connectivity index (χ0n) is 9.27. The van der Waals surface area contributed by atoms with Crippen molar-refractivity contribution in [2.24, 2.45) is 0 Å². The molecule has 1 heterocycles. The van der Waals surface area contributed by atoms with Gasteiger partial charge < -0.3 is 14.6 Å². The molecule has 0 radical (unpaired) electrons. The van der Waals surface area contributed by atoms with Gasteiger partial charge in [-0.3, -0.25) is 4.79 Å². The maximum absolute atomic E-state index is 11.3. The average molecular weight is 233 g/mol.